The van der Waals surface area contributed by atoms with Gasteiger partial charge in [-0.1, -0.05) is 62.2 Å². The normalized spacial score (nSPS) is 21.4. The van der Waals surface area contributed by atoms with Crippen LogP contribution in [0.3, 0.4) is 0 Å². The molecule has 0 nitrogen and oxygen atoms in total. The summed E-state index contributed by atoms with van der Waals surface area (Å²) < 4.78 is 14.7. The number of hydrogen-bond donors (Lipinski definition) is 0. The Kier molecular flexibility index (Phi) is 3.77. The van der Waals surface area contributed by atoms with Gasteiger partial charge in [-0.2, -0.15) is 0 Å². The van der Waals surface area contributed by atoms with Crippen LogP contribution in [0.5, 0.6) is 0 Å². The molecular formula is C16H13Br2F. The quantitative estimate of drug-likeness (QED) is 0.605. The first-order chi connectivity index (χ1) is 9.15. The molecule has 3 heteroatoms. The maximum Gasteiger partial charge on any atom is 0.127 e. The number of halogens is 3. The van der Waals surface area contributed by atoms with Crippen molar-refractivity contribution < 1.29 is 4.39 Å². The number of fused-ring (bicyclic) bond motifs is 1. The van der Waals surface area contributed by atoms with Gasteiger partial charge in [-0.05, 0) is 47.6 Å². The van der Waals surface area contributed by atoms with Crippen LogP contribution in [0.1, 0.15) is 21.5 Å². The van der Waals surface area contributed by atoms with E-state index in [2.05, 4.69) is 56.1 Å². The molecule has 19 heavy (non-hydrogen) atoms. The highest BCUT2D eigenvalue weighted by atomic mass is 79.9. The number of benzene rings is 2. The van der Waals surface area contributed by atoms with Crippen LogP contribution < -0.4 is 0 Å². The van der Waals surface area contributed by atoms with Gasteiger partial charge in [-0.25, -0.2) is 4.39 Å². The Balaban J connectivity index is 1.83. The molecule has 0 aromatic heterocycles. The molecule has 1 aliphatic carbocycles. The van der Waals surface area contributed by atoms with Gasteiger partial charge in [0.1, 0.15) is 5.82 Å². The molecule has 0 radical (unpaired) electrons. The molecule has 0 saturated heterocycles. The van der Waals surface area contributed by atoms with Crippen molar-refractivity contribution in [3.63, 3.8) is 0 Å². The fourth-order valence-electron chi connectivity index (χ4n) is 2.77. The third-order valence-electron chi connectivity index (χ3n) is 3.75. The third kappa shape index (κ3) is 2.63. The minimum atomic E-state index is -0.120. The van der Waals surface area contributed by atoms with E-state index in [1.807, 2.05) is 12.1 Å². The molecule has 0 N–H and O–H groups in total. The van der Waals surface area contributed by atoms with E-state index >= 15 is 0 Å². The highest BCUT2D eigenvalue weighted by molar-refractivity contribution is 9.10. The maximum absolute atomic E-state index is 13.9. The molecule has 0 saturated carbocycles. The first-order valence-corrected chi connectivity index (χ1v) is 8.02. The first kappa shape index (κ1) is 13.3. The van der Waals surface area contributed by atoms with E-state index in [4.69, 9.17) is 0 Å². The Hall–Kier alpha value is -0.670. The third-order valence-corrected chi connectivity index (χ3v) is 5.48. The van der Waals surface area contributed by atoms with Gasteiger partial charge in [-0.15, -0.1) is 0 Å². The first-order valence-electron chi connectivity index (χ1n) is 6.31. The monoisotopic (exact) mass is 382 g/mol. The van der Waals surface area contributed by atoms with Crippen LogP contribution in [0, 0.1) is 11.7 Å². The SMILES string of the molecule is Fc1cc(Br)ccc1CC1Cc2ccccc2C1Br. The van der Waals surface area contributed by atoms with E-state index in [-0.39, 0.29) is 5.82 Å². The summed E-state index contributed by atoms with van der Waals surface area (Å²) in [6.07, 6.45) is 1.78. The largest absolute Gasteiger partial charge is 0.207 e. The molecule has 3 rings (SSSR count). The molecule has 1 aliphatic rings. The standard InChI is InChI=1S/C16H13Br2F/c17-13-6-5-11(15(19)9-13)8-12-7-10-3-1-2-4-14(10)16(12)18/h1-6,9,12,16H,7-8H2. The van der Waals surface area contributed by atoms with Crippen molar-refractivity contribution in [2.45, 2.75) is 17.7 Å². The lowest BCUT2D eigenvalue weighted by atomic mass is 9.96. The number of hydrogen-bond acceptors (Lipinski definition) is 0. The van der Waals surface area contributed by atoms with Crippen molar-refractivity contribution in [1.29, 1.82) is 0 Å². The summed E-state index contributed by atoms with van der Waals surface area (Å²) in [5, 5.41) is 0. The zero-order chi connectivity index (χ0) is 13.4. The number of alkyl halides is 1. The molecule has 0 spiro atoms. The lowest BCUT2D eigenvalue weighted by Gasteiger charge is -2.15. The maximum atomic E-state index is 13.9. The van der Waals surface area contributed by atoms with E-state index in [0.29, 0.717) is 10.7 Å². The highest BCUT2D eigenvalue weighted by Crippen LogP contribution is 2.43. The van der Waals surface area contributed by atoms with Gasteiger partial charge in [0.2, 0.25) is 0 Å². The summed E-state index contributed by atoms with van der Waals surface area (Å²) in [6.45, 7) is 0. The Bertz CT molecular complexity index is 609. The molecule has 2 atom stereocenters. The van der Waals surface area contributed by atoms with Crippen molar-refractivity contribution in [2.75, 3.05) is 0 Å². The molecule has 0 fully saturated rings. The lowest BCUT2D eigenvalue weighted by molar-refractivity contribution is 0.527. The minimum absolute atomic E-state index is 0.120. The van der Waals surface area contributed by atoms with Crippen molar-refractivity contribution in [1.82, 2.24) is 0 Å². The summed E-state index contributed by atoms with van der Waals surface area (Å²) in [5.74, 6) is 0.304. The second-order valence-electron chi connectivity index (χ2n) is 5.00. The van der Waals surface area contributed by atoms with Crippen LogP contribution >= 0.6 is 31.9 Å². The highest BCUT2D eigenvalue weighted by Gasteiger charge is 2.30. The molecule has 98 valence electrons. The summed E-state index contributed by atoms with van der Waals surface area (Å²) in [4.78, 5) is 0.326. The fraction of sp³-hybridized carbons (Fsp3) is 0.250. The summed E-state index contributed by atoms with van der Waals surface area (Å²) in [7, 11) is 0. The molecule has 2 unspecified atom stereocenters. The van der Waals surface area contributed by atoms with Crippen LogP contribution in [-0.2, 0) is 12.8 Å². The van der Waals surface area contributed by atoms with Crippen LogP contribution in [0.25, 0.3) is 0 Å². The van der Waals surface area contributed by atoms with Crippen molar-refractivity contribution in [3.8, 4) is 0 Å². The van der Waals surface area contributed by atoms with Crippen LogP contribution in [-0.4, -0.2) is 0 Å². The predicted octanol–water partition coefficient (Wildman–Crippen LogP) is 5.44. The summed E-state index contributed by atoms with van der Waals surface area (Å²) in [5.41, 5.74) is 3.53. The van der Waals surface area contributed by atoms with Gasteiger partial charge in [0.25, 0.3) is 0 Å². The van der Waals surface area contributed by atoms with Crippen molar-refractivity contribution in [3.05, 3.63) is 69.4 Å². The fourth-order valence-corrected chi connectivity index (χ4v) is 3.93. The summed E-state index contributed by atoms with van der Waals surface area (Å²) in [6, 6.07) is 13.8. The van der Waals surface area contributed by atoms with E-state index in [1.165, 1.54) is 11.1 Å². The van der Waals surface area contributed by atoms with Crippen LogP contribution in [0.15, 0.2) is 46.9 Å². The Labute approximate surface area is 129 Å². The van der Waals surface area contributed by atoms with Gasteiger partial charge in [0.15, 0.2) is 0 Å². The summed E-state index contributed by atoms with van der Waals surface area (Å²) >= 11 is 7.06. The second kappa shape index (κ2) is 5.37. The van der Waals surface area contributed by atoms with E-state index in [9.17, 15) is 4.39 Å². The van der Waals surface area contributed by atoms with Gasteiger partial charge in [0, 0.05) is 9.30 Å². The van der Waals surface area contributed by atoms with E-state index in [0.717, 1.165) is 22.9 Å². The molecule has 0 aliphatic heterocycles. The van der Waals surface area contributed by atoms with Crippen LogP contribution in [0.4, 0.5) is 4.39 Å². The average Bonchev–Trinajstić information content (AvgIpc) is 2.70. The van der Waals surface area contributed by atoms with Gasteiger partial charge >= 0.3 is 0 Å². The molecule has 2 aromatic rings. The topological polar surface area (TPSA) is 0 Å². The molecule has 0 bridgehead atoms. The van der Waals surface area contributed by atoms with Gasteiger partial charge in [0.05, 0.1) is 0 Å². The van der Waals surface area contributed by atoms with Gasteiger partial charge < -0.3 is 0 Å². The van der Waals surface area contributed by atoms with E-state index < -0.39 is 0 Å². The number of rotatable bonds is 2. The molecule has 2 aromatic carbocycles. The molecule has 0 heterocycles. The Morgan fingerprint density at radius 2 is 1.95 bits per heavy atom. The van der Waals surface area contributed by atoms with Crippen molar-refractivity contribution in [2.24, 2.45) is 5.92 Å². The van der Waals surface area contributed by atoms with Crippen LogP contribution in [0.2, 0.25) is 0 Å². The second-order valence-corrected chi connectivity index (χ2v) is 6.91. The minimum Gasteiger partial charge on any atom is -0.207 e. The lowest BCUT2D eigenvalue weighted by Crippen LogP contribution is -2.07. The predicted molar refractivity (Wildman–Crippen MR) is 83.1 cm³/mol. The Morgan fingerprint density at radius 3 is 2.68 bits per heavy atom. The van der Waals surface area contributed by atoms with E-state index in [1.54, 1.807) is 6.07 Å². The Morgan fingerprint density at radius 1 is 1.16 bits per heavy atom. The zero-order valence-corrected chi connectivity index (χ0v) is 13.4. The average molecular weight is 384 g/mol. The molecule has 0 amide bonds. The van der Waals surface area contributed by atoms with Gasteiger partial charge in [-0.3, -0.25) is 0 Å². The zero-order valence-electron chi connectivity index (χ0n) is 10.2. The molecular weight excluding hydrogens is 371 g/mol. The van der Waals surface area contributed by atoms with Crippen molar-refractivity contribution >= 4 is 31.9 Å². The smallest absolute Gasteiger partial charge is 0.127 e.